The molecule has 1 atom stereocenters. The molecule has 2 heteroatoms. The second-order valence-corrected chi connectivity index (χ2v) is 6.93. The van der Waals surface area contributed by atoms with Crippen LogP contribution in [0.25, 0.3) is 0 Å². The predicted molar refractivity (Wildman–Crippen MR) is 87.1 cm³/mol. The third-order valence-electron chi connectivity index (χ3n) is 3.78. The summed E-state index contributed by atoms with van der Waals surface area (Å²) < 4.78 is 0. The molecule has 0 aliphatic rings. The van der Waals surface area contributed by atoms with Crippen molar-refractivity contribution in [2.45, 2.75) is 31.3 Å². The lowest BCUT2D eigenvalue weighted by Crippen LogP contribution is -2.41. The van der Waals surface area contributed by atoms with Crippen molar-refractivity contribution in [2.24, 2.45) is 5.41 Å². The van der Waals surface area contributed by atoms with E-state index in [1.54, 1.807) is 11.8 Å². The van der Waals surface area contributed by atoms with Crippen LogP contribution in [0.15, 0.2) is 59.5 Å². The summed E-state index contributed by atoms with van der Waals surface area (Å²) in [6.45, 7) is 6.22. The molecule has 0 fully saturated rings. The summed E-state index contributed by atoms with van der Waals surface area (Å²) in [6.07, 6.45) is 2.06. The minimum Gasteiger partial charge on any atom is -0.380 e. The molecule has 20 heavy (non-hydrogen) atoms. The Morgan fingerprint density at radius 3 is 1.75 bits per heavy atom. The zero-order valence-electron chi connectivity index (χ0n) is 12.6. The highest BCUT2D eigenvalue weighted by molar-refractivity contribution is 7.98. The maximum atomic E-state index is 11.4. The van der Waals surface area contributed by atoms with Crippen molar-refractivity contribution < 1.29 is 5.11 Å². The summed E-state index contributed by atoms with van der Waals surface area (Å²) in [5.74, 6) is 0. The fourth-order valence-electron chi connectivity index (χ4n) is 2.54. The highest BCUT2D eigenvalue weighted by Crippen LogP contribution is 2.44. The molecule has 1 N–H and O–H groups in total. The Kier molecular flexibility index (Phi) is 4.26. The normalized spacial score (nSPS) is 14.8. The summed E-state index contributed by atoms with van der Waals surface area (Å²) in [7, 11) is 0. The molecular formula is C18H22OS. The van der Waals surface area contributed by atoms with Crippen molar-refractivity contribution in [2.75, 3.05) is 6.26 Å². The van der Waals surface area contributed by atoms with Gasteiger partial charge in [-0.2, -0.15) is 0 Å². The fourth-order valence-corrected chi connectivity index (χ4v) is 2.95. The Morgan fingerprint density at radius 2 is 1.30 bits per heavy atom. The average Bonchev–Trinajstić information content (AvgIpc) is 2.46. The Bertz CT molecular complexity index is 554. The maximum Gasteiger partial charge on any atom is 0.119 e. The summed E-state index contributed by atoms with van der Waals surface area (Å²) in [5, 5.41) is 11.4. The van der Waals surface area contributed by atoms with Gasteiger partial charge in [-0.05, 0) is 34.9 Å². The smallest absolute Gasteiger partial charge is 0.119 e. The summed E-state index contributed by atoms with van der Waals surface area (Å²) in [6, 6.07) is 18.1. The lowest BCUT2D eigenvalue weighted by Gasteiger charge is -2.41. The zero-order valence-corrected chi connectivity index (χ0v) is 13.4. The molecule has 1 nitrogen and oxygen atoms in total. The Morgan fingerprint density at radius 1 is 0.800 bits per heavy atom. The van der Waals surface area contributed by atoms with Gasteiger partial charge in [-0.3, -0.25) is 0 Å². The van der Waals surface area contributed by atoms with Gasteiger partial charge in [0.1, 0.15) is 5.60 Å². The van der Waals surface area contributed by atoms with Crippen molar-refractivity contribution in [3.63, 3.8) is 0 Å². The second-order valence-electron chi connectivity index (χ2n) is 6.05. The topological polar surface area (TPSA) is 20.2 Å². The molecule has 2 aromatic carbocycles. The minimum absolute atomic E-state index is 0.296. The quantitative estimate of drug-likeness (QED) is 0.826. The van der Waals surface area contributed by atoms with Crippen LogP contribution < -0.4 is 0 Å². The van der Waals surface area contributed by atoms with Gasteiger partial charge in [0.2, 0.25) is 0 Å². The summed E-state index contributed by atoms with van der Waals surface area (Å²) in [5.41, 5.74) is 0.582. The number of hydrogen-bond donors (Lipinski definition) is 1. The van der Waals surface area contributed by atoms with Crippen molar-refractivity contribution in [1.29, 1.82) is 0 Å². The number of rotatable bonds is 3. The van der Waals surface area contributed by atoms with Crippen molar-refractivity contribution in [3.05, 3.63) is 65.7 Å². The largest absolute Gasteiger partial charge is 0.380 e. The van der Waals surface area contributed by atoms with Gasteiger partial charge in [0.25, 0.3) is 0 Å². The highest BCUT2D eigenvalue weighted by atomic mass is 32.2. The first-order valence-electron chi connectivity index (χ1n) is 6.82. The second kappa shape index (κ2) is 5.63. The third-order valence-corrected chi connectivity index (χ3v) is 4.53. The molecule has 2 aromatic rings. The molecule has 0 aliphatic carbocycles. The van der Waals surface area contributed by atoms with Gasteiger partial charge in [-0.25, -0.2) is 0 Å². The molecule has 0 aliphatic heterocycles. The average molecular weight is 286 g/mol. The van der Waals surface area contributed by atoms with Crippen LogP contribution in [0.1, 0.15) is 31.9 Å². The molecule has 1 unspecified atom stereocenters. The minimum atomic E-state index is -0.995. The summed E-state index contributed by atoms with van der Waals surface area (Å²) >= 11 is 1.71. The Labute approximate surface area is 126 Å². The van der Waals surface area contributed by atoms with Gasteiger partial charge in [-0.15, -0.1) is 11.8 Å². The van der Waals surface area contributed by atoms with Crippen LogP contribution in [0.3, 0.4) is 0 Å². The lowest BCUT2D eigenvalue weighted by molar-refractivity contribution is -0.0259. The lowest BCUT2D eigenvalue weighted by atomic mass is 9.68. The van der Waals surface area contributed by atoms with E-state index in [-0.39, 0.29) is 5.41 Å². The molecule has 0 heterocycles. The van der Waals surface area contributed by atoms with Gasteiger partial charge in [0.05, 0.1) is 0 Å². The van der Waals surface area contributed by atoms with Gasteiger partial charge >= 0.3 is 0 Å². The number of hydrogen-bond acceptors (Lipinski definition) is 2. The molecule has 2 rings (SSSR count). The van der Waals surface area contributed by atoms with E-state index in [4.69, 9.17) is 0 Å². The van der Waals surface area contributed by atoms with E-state index in [2.05, 4.69) is 39.2 Å². The van der Waals surface area contributed by atoms with Crippen LogP contribution in [0.2, 0.25) is 0 Å². The van der Waals surface area contributed by atoms with Crippen LogP contribution in [0.4, 0.5) is 0 Å². The molecular weight excluding hydrogens is 264 g/mol. The molecule has 0 amide bonds. The molecule has 0 saturated carbocycles. The van der Waals surface area contributed by atoms with Crippen molar-refractivity contribution >= 4 is 11.8 Å². The fraction of sp³-hybridized carbons (Fsp3) is 0.333. The van der Waals surface area contributed by atoms with Gasteiger partial charge < -0.3 is 5.11 Å². The Balaban J connectivity index is 2.58. The first kappa shape index (κ1) is 15.1. The number of thioether (sulfide) groups is 1. The van der Waals surface area contributed by atoms with Crippen molar-refractivity contribution in [3.8, 4) is 0 Å². The molecule has 0 radical (unpaired) electrons. The van der Waals surface area contributed by atoms with E-state index in [0.29, 0.717) is 0 Å². The van der Waals surface area contributed by atoms with Crippen LogP contribution in [-0.4, -0.2) is 11.4 Å². The zero-order chi connectivity index (χ0) is 14.8. The summed E-state index contributed by atoms with van der Waals surface area (Å²) in [4.78, 5) is 1.21. The van der Waals surface area contributed by atoms with Crippen LogP contribution in [-0.2, 0) is 5.60 Å². The van der Waals surface area contributed by atoms with E-state index in [9.17, 15) is 5.11 Å². The van der Waals surface area contributed by atoms with E-state index in [1.165, 1.54) is 4.90 Å². The Hall–Kier alpha value is -1.25. The first-order chi connectivity index (χ1) is 9.39. The number of benzene rings is 2. The molecule has 0 aromatic heterocycles. The van der Waals surface area contributed by atoms with Gasteiger partial charge in [-0.1, -0.05) is 63.2 Å². The highest BCUT2D eigenvalue weighted by Gasteiger charge is 2.43. The van der Waals surface area contributed by atoms with E-state index in [1.807, 2.05) is 42.5 Å². The maximum absolute atomic E-state index is 11.4. The van der Waals surface area contributed by atoms with Crippen LogP contribution >= 0.6 is 11.8 Å². The standard InChI is InChI=1S/C18H22OS/c1-17(2,3)18(19,14-8-6-5-7-9-14)15-10-12-16(20-4)13-11-15/h5-13,19H,1-4H3. The molecule has 106 valence electrons. The van der Waals surface area contributed by atoms with Crippen LogP contribution in [0, 0.1) is 5.41 Å². The third kappa shape index (κ3) is 2.63. The number of aliphatic hydroxyl groups is 1. The van der Waals surface area contributed by atoms with Gasteiger partial charge in [0, 0.05) is 4.90 Å². The van der Waals surface area contributed by atoms with E-state index >= 15 is 0 Å². The van der Waals surface area contributed by atoms with Crippen LogP contribution in [0.5, 0.6) is 0 Å². The van der Waals surface area contributed by atoms with E-state index < -0.39 is 5.60 Å². The monoisotopic (exact) mass is 286 g/mol. The molecule has 0 spiro atoms. The van der Waals surface area contributed by atoms with E-state index in [0.717, 1.165) is 11.1 Å². The predicted octanol–water partition coefficient (Wildman–Crippen LogP) is 4.69. The first-order valence-corrected chi connectivity index (χ1v) is 8.04. The van der Waals surface area contributed by atoms with Crippen molar-refractivity contribution in [1.82, 2.24) is 0 Å². The van der Waals surface area contributed by atoms with Gasteiger partial charge in [0.15, 0.2) is 0 Å². The molecule has 0 saturated heterocycles. The SMILES string of the molecule is CSc1ccc(C(O)(c2ccccc2)C(C)(C)C)cc1. The molecule has 0 bridgehead atoms.